The van der Waals surface area contributed by atoms with Crippen LogP contribution in [-0.4, -0.2) is 55.5 Å². The number of hydrogen-bond donors (Lipinski definition) is 3. The highest BCUT2D eigenvalue weighted by atomic mass is 35.5. The third kappa shape index (κ3) is 8.63. The molecule has 0 radical (unpaired) electrons. The summed E-state index contributed by atoms with van der Waals surface area (Å²) < 4.78 is 27.6. The van der Waals surface area contributed by atoms with Crippen molar-refractivity contribution in [3.8, 4) is 0 Å². The molecule has 1 saturated carbocycles. The van der Waals surface area contributed by atoms with Gasteiger partial charge >= 0.3 is 0 Å². The predicted octanol–water partition coefficient (Wildman–Crippen LogP) is 3.46. The van der Waals surface area contributed by atoms with Gasteiger partial charge < -0.3 is 15.3 Å². The molecule has 4 rings (SSSR count). The van der Waals surface area contributed by atoms with Crippen LogP contribution in [0.25, 0.3) is 0 Å². The molecule has 8 nitrogen and oxygen atoms in total. The highest BCUT2D eigenvalue weighted by molar-refractivity contribution is 7.89. The molecular formula is C30H34ClN3O5S. The van der Waals surface area contributed by atoms with Crippen LogP contribution < -0.4 is 10.0 Å². The maximum atomic E-state index is 13.7. The molecule has 10 heteroatoms. The first kappa shape index (κ1) is 29.7. The molecule has 3 N–H and O–H groups in total. The van der Waals surface area contributed by atoms with Crippen molar-refractivity contribution < 1.29 is 23.1 Å². The van der Waals surface area contributed by atoms with Crippen molar-refractivity contribution in [2.75, 3.05) is 13.2 Å². The first-order valence-electron chi connectivity index (χ1n) is 13.3. The lowest BCUT2D eigenvalue weighted by molar-refractivity contribution is -0.141. The van der Waals surface area contributed by atoms with Crippen molar-refractivity contribution in [1.29, 1.82) is 0 Å². The minimum atomic E-state index is -3.55. The third-order valence-electron chi connectivity index (χ3n) is 6.71. The molecule has 3 aromatic rings. The first-order chi connectivity index (χ1) is 19.2. The van der Waals surface area contributed by atoms with E-state index in [1.807, 2.05) is 42.5 Å². The lowest BCUT2D eigenvalue weighted by Crippen LogP contribution is -2.51. The second kappa shape index (κ2) is 13.9. The van der Waals surface area contributed by atoms with Gasteiger partial charge in [0.1, 0.15) is 6.04 Å². The summed E-state index contributed by atoms with van der Waals surface area (Å²) in [5, 5.41) is 12.6. The quantitative estimate of drug-likeness (QED) is 0.269. The normalized spacial score (nSPS) is 13.9. The van der Waals surface area contributed by atoms with E-state index in [0.29, 0.717) is 17.9 Å². The van der Waals surface area contributed by atoms with Crippen LogP contribution in [0.3, 0.4) is 0 Å². The number of amides is 2. The van der Waals surface area contributed by atoms with E-state index >= 15 is 0 Å². The number of carbonyl (C=O) groups is 2. The number of rotatable bonds is 14. The molecule has 0 heterocycles. The van der Waals surface area contributed by atoms with E-state index in [9.17, 15) is 23.1 Å². The molecule has 0 unspecified atom stereocenters. The SMILES string of the molecule is O=C(NCCO)[C@H](Cc1ccccc1)N(Cc1ccc(Cl)cc1)C(=O)CCc1ccc(S(=O)(=O)NC2CC2)cc1. The summed E-state index contributed by atoms with van der Waals surface area (Å²) in [6.45, 7) is 0.0683. The van der Waals surface area contributed by atoms with Gasteiger partial charge in [-0.1, -0.05) is 66.2 Å². The molecule has 0 aliphatic heterocycles. The monoisotopic (exact) mass is 583 g/mol. The summed E-state index contributed by atoms with van der Waals surface area (Å²) >= 11 is 6.06. The topological polar surface area (TPSA) is 116 Å². The van der Waals surface area contributed by atoms with Crippen LogP contribution in [0, 0.1) is 0 Å². The Morgan fingerprint density at radius 2 is 1.57 bits per heavy atom. The molecule has 3 aromatic carbocycles. The molecule has 212 valence electrons. The molecule has 40 heavy (non-hydrogen) atoms. The Balaban J connectivity index is 1.53. The predicted molar refractivity (Wildman–Crippen MR) is 154 cm³/mol. The summed E-state index contributed by atoms with van der Waals surface area (Å²) in [6, 6.07) is 22.3. The number of nitrogens with one attached hydrogen (secondary N) is 2. The zero-order valence-corrected chi connectivity index (χ0v) is 23.7. The Bertz CT molecular complexity index is 1380. The number of sulfonamides is 1. The molecule has 2 amide bonds. The summed E-state index contributed by atoms with van der Waals surface area (Å²) in [5.74, 6) is -0.569. The molecule has 1 aliphatic rings. The number of hydrogen-bond acceptors (Lipinski definition) is 5. The van der Waals surface area contributed by atoms with Crippen molar-refractivity contribution in [2.45, 2.75) is 55.6 Å². The second-order valence-corrected chi connectivity index (χ2v) is 12.1. The van der Waals surface area contributed by atoms with Gasteiger partial charge in [0.2, 0.25) is 21.8 Å². The number of aliphatic hydroxyl groups is 1. The fourth-order valence-corrected chi connectivity index (χ4v) is 5.79. The van der Waals surface area contributed by atoms with Crippen LogP contribution in [0.5, 0.6) is 0 Å². The Kier molecular flexibility index (Phi) is 10.3. The van der Waals surface area contributed by atoms with Gasteiger partial charge in [0.05, 0.1) is 11.5 Å². The first-order valence-corrected chi connectivity index (χ1v) is 15.2. The minimum absolute atomic E-state index is 0.0207. The summed E-state index contributed by atoms with van der Waals surface area (Å²) in [5.41, 5.74) is 2.54. The molecule has 0 bridgehead atoms. The number of aliphatic hydroxyl groups excluding tert-OH is 1. The zero-order valence-electron chi connectivity index (χ0n) is 22.1. The molecule has 1 aliphatic carbocycles. The maximum Gasteiger partial charge on any atom is 0.243 e. The third-order valence-corrected chi connectivity index (χ3v) is 8.50. The molecule has 0 saturated heterocycles. The van der Waals surface area contributed by atoms with Crippen molar-refractivity contribution >= 4 is 33.4 Å². The van der Waals surface area contributed by atoms with Crippen LogP contribution >= 0.6 is 11.6 Å². The van der Waals surface area contributed by atoms with Crippen molar-refractivity contribution in [3.05, 3.63) is 101 Å². The van der Waals surface area contributed by atoms with Gasteiger partial charge in [-0.05, 0) is 60.2 Å². The fraction of sp³-hybridized carbons (Fsp3) is 0.333. The Hall–Kier alpha value is -3.24. The number of benzene rings is 3. The summed E-state index contributed by atoms with van der Waals surface area (Å²) in [7, 11) is -3.55. The highest BCUT2D eigenvalue weighted by Gasteiger charge is 2.30. The Morgan fingerprint density at radius 1 is 0.925 bits per heavy atom. The molecule has 1 fully saturated rings. The summed E-state index contributed by atoms with van der Waals surface area (Å²) in [6.07, 6.45) is 2.52. The van der Waals surface area contributed by atoms with Crippen LogP contribution in [0.1, 0.15) is 36.0 Å². The van der Waals surface area contributed by atoms with Gasteiger partial charge in [0.25, 0.3) is 0 Å². The van der Waals surface area contributed by atoms with Gasteiger partial charge in [-0.25, -0.2) is 13.1 Å². The lowest BCUT2D eigenvalue weighted by atomic mass is 10.0. The lowest BCUT2D eigenvalue weighted by Gasteiger charge is -2.31. The van der Waals surface area contributed by atoms with Crippen LogP contribution in [-0.2, 0) is 39.0 Å². The largest absolute Gasteiger partial charge is 0.395 e. The number of halogens is 1. The second-order valence-electron chi connectivity index (χ2n) is 9.91. The standard InChI is InChI=1S/C30H34ClN3O5S/c31-25-11-6-24(7-12-25)21-34(28(30(37)32-18-19-35)20-23-4-2-1-3-5-23)29(36)17-10-22-8-15-27(16-9-22)40(38,39)33-26-13-14-26/h1-9,11-12,15-16,26,28,33,35H,10,13-14,17-21H2,(H,32,37)/t28-/m0/s1. The fourth-order valence-electron chi connectivity index (χ4n) is 4.36. The highest BCUT2D eigenvalue weighted by Crippen LogP contribution is 2.23. The van der Waals surface area contributed by atoms with Crippen LogP contribution in [0.15, 0.2) is 83.8 Å². The van der Waals surface area contributed by atoms with Crippen molar-refractivity contribution in [1.82, 2.24) is 14.9 Å². The number of carbonyl (C=O) groups excluding carboxylic acids is 2. The molecule has 0 spiro atoms. The minimum Gasteiger partial charge on any atom is -0.395 e. The van der Waals surface area contributed by atoms with Gasteiger partial charge in [0.15, 0.2) is 0 Å². The molecule has 1 atom stereocenters. The van der Waals surface area contributed by atoms with Gasteiger partial charge in [0, 0.05) is 37.0 Å². The van der Waals surface area contributed by atoms with Gasteiger partial charge in [-0.2, -0.15) is 0 Å². The van der Waals surface area contributed by atoms with Crippen LogP contribution in [0.2, 0.25) is 5.02 Å². The molecule has 0 aromatic heterocycles. The molecular weight excluding hydrogens is 550 g/mol. The maximum absolute atomic E-state index is 13.7. The Morgan fingerprint density at radius 3 is 2.20 bits per heavy atom. The van der Waals surface area contributed by atoms with Gasteiger partial charge in [-0.15, -0.1) is 0 Å². The zero-order chi connectivity index (χ0) is 28.5. The van der Waals surface area contributed by atoms with E-state index < -0.39 is 16.1 Å². The summed E-state index contributed by atoms with van der Waals surface area (Å²) in [4.78, 5) is 28.8. The van der Waals surface area contributed by atoms with Crippen molar-refractivity contribution in [2.24, 2.45) is 0 Å². The van der Waals surface area contributed by atoms with E-state index in [1.165, 1.54) is 0 Å². The smallest absolute Gasteiger partial charge is 0.243 e. The van der Waals surface area contributed by atoms with Gasteiger partial charge in [-0.3, -0.25) is 9.59 Å². The average molecular weight is 584 g/mol. The van der Waals surface area contributed by atoms with E-state index in [0.717, 1.165) is 29.5 Å². The van der Waals surface area contributed by atoms with E-state index in [1.54, 1.807) is 41.3 Å². The average Bonchev–Trinajstić information content (AvgIpc) is 3.77. The van der Waals surface area contributed by atoms with E-state index in [4.69, 9.17) is 11.6 Å². The number of aryl methyl sites for hydroxylation is 1. The number of nitrogens with zero attached hydrogens (tertiary/aromatic N) is 1. The van der Waals surface area contributed by atoms with E-state index in [2.05, 4.69) is 10.0 Å². The van der Waals surface area contributed by atoms with E-state index in [-0.39, 0.29) is 48.9 Å². The van der Waals surface area contributed by atoms with Crippen molar-refractivity contribution in [3.63, 3.8) is 0 Å². The Labute approximate surface area is 240 Å². The van der Waals surface area contributed by atoms with Crippen LogP contribution in [0.4, 0.5) is 0 Å².